The van der Waals surface area contributed by atoms with E-state index in [9.17, 15) is 19.2 Å². The highest BCUT2D eigenvalue weighted by Gasteiger charge is 2.67. The normalized spacial score (nSPS) is 33.7. The van der Waals surface area contributed by atoms with E-state index in [0.29, 0.717) is 17.5 Å². The summed E-state index contributed by atoms with van der Waals surface area (Å²) in [4.78, 5) is 55.2. The highest BCUT2D eigenvalue weighted by Crippen LogP contribution is 2.65. The molecule has 2 saturated carbocycles. The summed E-state index contributed by atoms with van der Waals surface area (Å²) in [5.41, 5.74) is 2.29. The van der Waals surface area contributed by atoms with Crippen molar-refractivity contribution < 1.29 is 23.9 Å². The molecule has 4 aliphatic carbocycles. The molecule has 6 aliphatic rings. The zero-order chi connectivity index (χ0) is 24.7. The van der Waals surface area contributed by atoms with Gasteiger partial charge in [-0.05, 0) is 61.3 Å². The van der Waals surface area contributed by atoms with Crippen LogP contribution in [0.3, 0.4) is 0 Å². The van der Waals surface area contributed by atoms with E-state index in [2.05, 4.69) is 12.2 Å². The Bertz CT molecular complexity index is 1310. The number of nitrogens with zero attached hydrogens (tertiary/aromatic N) is 2. The van der Waals surface area contributed by atoms with Gasteiger partial charge in [0.05, 0.1) is 23.4 Å². The minimum Gasteiger partial charge on any atom is -0.426 e. The van der Waals surface area contributed by atoms with Crippen LogP contribution in [0.5, 0.6) is 5.75 Å². The van der Waals surface area contributed by atoms with E-state index in [1.54, 1.807) is 29.2 Å². The zero-order valence-electron chi connectivity index (χ0n) is 19.9. The average molecular weight is 483 g/mol. The lowest BCUT2D eigenvalue weighted by Gasteiger charge is -2.37. The van der Waals surface area contributed by atoms with Crippen LogP contribution in [0.1, 0.15) is 18.4 Å². The Labute approximate surface area is 208 Å². The molecule has 0 N–H and O–H groups in total. The number of hydrogen-bond donors (Lipinski definition) is 0. The molecule has 36 heavy (non-hydrogen) atoms. The topological polar surface area (TPSA) is 84.0 Å². The second-order valence-electron chi connectivity index (χ2n) is 10.8. The number of carbonyl (C=O) groups excluding carboxylic acids is 4. The molecule has 2 aromatic carbocycles. The van der Waals surface area contributed by atoms with Gasteiger partial charge in [-0.15, -0.1) is 0 Å². The summed E-state index contributed by atoms with van der Waals surface area (Å²) in [5, 5.41) is 0. The van der Waals surface area contributed by atoms with Crippen molar-refractivity contribution in [2.24, 2.45) is 41.4 Å². The summed E-state index contributed by atoms with van der Waals surface area (Å²) < 4.78 is 5.64. The zero-order valence-corrected chi connectivity index (χ0v) is 19.9. The summed E-state index contributed by atoms with van der Waals surface area (Å²) in [5.74, 6) is -0.393. The van der Waals surface area contributed by atoms with Crippen LogP contribution in [0.15, 0.2) is 60.7 Å². The highest BCUT2D eigenvalue weighted by atomic mass is 16.5. The van der Waals surface area contributed by atoms with Crippen LogP contribution in [0.25, 0.3) is 0 Å². The second-order valence-corrected chi connectivity index (χ2v) is 10.8. The van der Waals surface area contributed by atoms with Gasteiger partial charge in [0.2, 0.25) is 17.7 Å². The number of hydrogen-bond acceptors (Lipinski definition) is 5. The van der Waals surface area contributed by atoms with Crippen LogP contribution in [0.4, 0.5) is 11.4 Å². The molecule has 2 bridgehead atoms. The summed E-state index contributed by atoms with van der Waals surface area (Å²) in [6.07, 6.45) is 5.49. The molecule has 0 spiro atoms. The molecule has 2 saturated heterocycles. The molecule has 3 amide bonds. The molecular weight excluding hydrogens is 456 g/mol. The van der Waals surface area contributed by atoms with E-state index in [0.717, 1.165) is 17.7 Å². The smallest absolute Gasteiger partial charge is 0.316 e. The first-order valence-corrected chi connectivity index (χ1v) is 12.7. The van der Waals surface area contributed by atoms with Crippen molar-refractivity contribution in [2.75, 3.05) is 16.3 Å². The quantitative estimate of drug-likeness (QED) is 0.288. The lowest BCUT2D eigenvalue weighted by molar-refractivity contribution is -0.139. The third-order valence-electron chi connectivity index (χ3n) is 8.76. The lowest BCUT2D eigenvalue weighted by Crippen LogP contribution is -2.40. The lowest BCUT2D eigenvalue weighted by atomic mass is 9.63. The number of imide groups is 1. The molecule has 2 aromatic rings. The van der Waals surface area contributed by atoms with E-state index >= 15 is 0 Å². The van der Waals surface area contributed by atoms with Gasteiger partial charge in [0.25, 0.3) is 0 Å². The van der Waals surface area contributed by atoms with Gasteiger partial charge in [-0.1, -0.05) is 35.9 Å². The summed E-state index contributed by atoms with van der Waals surface area (Å²) in [7, 11) is 0. The Morgan fingerprint density at radius 1 is 0.889 bits per heavy atom. The number of ether oxygens (including phenoxy) is 1. The van der Waals surface area contributed by atoms with E-state index < -0.39 is 11.9 Å². The second kappa shape index (κ2) is 7.63. The van der Waals surface area contributed by atoms with E-state index in [-0.39, 0.29) is 60.1 Å². The standard InChI is InChI=1S/C29H26N2O5/c1-15-5-7-17(8-6-15)30-14-16(11-24(30)32)29(35)36-19-4-2-3-18(12-19)31-27(33)25-20-9-10-21(23-13-22(20)23)26(25)28(31)34/h2-10,12,16,20-23,25-26H,11,13-14H2,1H3/t16-,20+,21+,22-,23+,25+,26-/m0/s1. The molecule has 7 heteroatoms. The predicted molar refractivity (Wildman–Crippen MR) is 131 cm³/mol. The van der Waals surface area contributed by atoms with Gasteiger partial charge >= 0.3 is 5.97 Å². The maximum Gasteiger partial charge on any atom is 0.316 e. The van der Waals surface area contributed by atoms with Gasteiger partial charge in [0.15, 0.2) is 0 Å². The van der Waals surface area contributed by atoms with Gasteiger partial charge in [-0.25, -0.2) is 4.90 Å². The average Bonchev–Trinajstić information content (AvgIpc) is 3.55. The largest absolute Gasteiger partial charge is 0.426 e. The number of allylic oxidation sites excluding steroid dienone is 2. The summed E-state index contributed by atoms with van der Waals surface area (Å²) in [6.45, 7) is 2.23. The first-order chi connectivity index (χ1) is 17.4. The Hall–Kier alpha value is -3.74. The van der Waals surface area contributed by atoms with Gasteiger partial charge in [0.1, 0.15) is 5.75 Å². The first kappa shape index (κ1) is 21.5. The monoisotopic (exact) mass is 482 g/mol. The molecule has 2 heterocycles. The molecular formula is C29H26N2O5. The van der Waals surface area contributed by atoms with Crippen LogP contribution < -0.4 is 14.5 Å². The minimum atomic E-state index is -0.589. The number of esters is 1. The number of aryl methyl sites for hydroxylation is 1. The fraction of sp³-hybridized carbons (Fsp3) is 0.379. The summed E-state index contributed by atoms with van der Waals surface area (Å²) >= 11 is 0. The Morgan fingerprint density at radius 2 is 1.56 bits per heavy atom. The maximum absolute atomic E-state index is 13.4. The van der Waals surface area contributed by atoms with Crippen LogP contribution in [-0.2, 0) is 19.2 Å². The van der Waals surface area contributed by atoms with Crippen LogP contribution in [0, 0.1) is 48.3 Å². The van der Waals surface area contributed by atoms with Crippen molar-refractivity contribution in [3.63, 3.8) is 0 Å². The van der Waals surface area contributed by atoms with Crippen molar-refractivity contribution in [3.05, 3.63) is 66.2 Å². The van der Waals surface area contributed by atoms with Crippen molar-refractivity contribution in [3.8, 4) is 5.75 Å². The summed E-state index contributed by atoms with van der Waals surface area (Å²) in [6, 6.07) is 14.2. The predicted octanol–water partition coefficient (Wildman–Crippen LogP) is 3.51. The van der Waals surface area contributed by atoms with Crippen molar-refractivity contribution in [2.45, 2.75) is 19.8 Å². The molecule has 4 fully saturated rings. The van der Waals surface area contributed by atoms with Gasteiger partial charge in [-0.3, -0.25) is 19.2 Å². The third kappa shape index (κ3) is 3.11. The van der Waals surface area contributed by atoms with Crippen LogP contribution >= 0.6 is 0 Å². The molecule has 182 valence electrons. The number of rotatable bonds is 4. The maximum atomic E-state index is 13.4. The Balaban J connectivity index is 1.07. The third-order valence-corrected chi connectivity index (χ3v) is 8.76. The Morgan fingerprint density at radius 3 is 2.22 bits per heavy atom. The fourth-order valence-electron chi connectivity index (χ4n) is 6.94. The van der Waals surface area contributed by atoms with E-state index in [1.807, 2.05) is 31.2 Å². The Kier molecular flexibility index (Phi) is 4.56. The molecule has 0 unspecified atom stereocenters. The molecule has 0 radical (unpaired) electrons. The van der Waals surface area contributed by atoms with Crippen LogP contribution in [-0.4, -0.2) is 30.2 Å². The number of anilines is 2. The number of carbonyl (C=O) groups is 4. The van der Waals surface area contributed by atoms with E-state index in [1.165, 1.54) is 4.90 Å². The number of benzene rings is 2. The van der Waals surface area contributed by atoms with Gasteiger partial charge in [-0.2, -0.15) is 0 Å². The fourth-order valence-corrected chi connectivity index (χ4v) is 6.94. The SMILES string of the molecule is Cc1ccc(N2C[C@@H](C(=O)Oc3cccc(N4C(=O)[C@@H]5[C@@H]6C=C[C@H]([C@H]7C[C@@H]67)[C@@H]5C4=O)c3)CC2=O)cc1. The van der Waals surface area contributed by atoms with Crippen molar-refractivity contribution in [1.82, 2.24) is 0 Å². The minimum absolute atomic E-state index is 0.0803. The first-order valence-electron chi connectivity index (χ1n) is 12.7. The van der Waals surface area contributed by atoms with Gasteiger partial charge in [0, 0.05) is 24.7 Å². The molecule has 8 rings (SSSR count). The van der Waals surface area contributed by atoms with Crippen LogP contribution in [0.2, 0.25) is 0 Å². The highest BCUT2D eigenvalue weighted by molar-refractivity contribution is 6.22. The van der Waals surface area contributed by atoms with Crippen molar-refractivity contribution in [1.29, 1.82) is 0 Å². The molecule has 2 aliphatic heterocycles. The van der Waals surface area contributed by atoms with Gasteiger partial charge < -0.3 is 9.64 Å². The molecule has 7 atom stereocenters. The van der Waals surface area contributed by atoms with E-state index in [4.69, 9.17) is 4.74 Å². The molecule has 7 nitrogen and oxygen atoms in total. The molecule has 0 aromatic heterocycles. The van der Waals surface area contributed by atoms with Crippen molar-refractivity contribution >= 4 is 35.1 Å². The number of amides is 3.